The molecule has 1 fully saturated rings. The van der Waals surface area contributed by atoms with Crippen LogP contribution >= 0.6 is 23.2 Å². The number of carbonyl (C=O) groups is 2. The molecule has 0 unspecified atom stereocenters. The van der Waals surface area contributed by atoms with Gasteiger partial charge in [0.2, 0.25) is 5.91 Å². The zero-order chi connectivity index (χ0) is 15.9. The summed E-state index contributed by atoms with van der Waals surface area (Å²) < 4.78 is 0. The van der Waals surface area contributed by atoms with Gasteiger partial charge in [-0.1, -0.05) is 17.7 Å². The zero-order valence-electron chi connectivity index (χ0n) is 12.4. The molecule has 2 amide bonds. The lowest BCUT2D eigenvalue weighted by atomic mass is 10.0. The van der Waals surface area contributed by atoms with Crippen LogP contribution in [-0.2, 0) is 4.79 Å². The average molecular weight is 343 g/mol. The molecule has 1 heterocycles. The number of halogens is 2. The van der Waals surface area contributed by atoms with E-state index in [0.29, 0.717) is 42.4 Å². The molecule has 0 bridgehead atoms. The second-order valence-corrected chi connectivity index (χ2v) is 6.25. The zero-order valence-corrected chi connectivity index (χ0v) is 13.9. The van der Waals surface area contributed by atoms with Gasteiger partial charge in [-0.15, -0.1) is 11.6 Å². The minimum atomic E-state index is -0.116. The third kappa shape index (κ3) is 4.89. The monoisotopic (exact) mass is 342 g/mol. The van der Waals surface area contributed by atoms with Crippen molar-refractivity contribution in [3.05, 3.63) is 34.9 Å². The van der Waals surface area contributed by atoms with E-state index in [1.165, 1.54) is 0 Å². The second kappa shape index (κ2) is 8.39. The summed E-state index contributed by atoms with van der Waals surface area (Å²) in [5.41, 5.74) is 0.563. The Labute approximate surface area is 140 Å². The summed E-state index contributed by atoms with van der Waals surface area (Å²) in [7, 11) is 0. The molecule has 6 heteroatoms. The number of hydrogen-bond donors (Lipinski definition) is 1. The van der Waals surface area contributed by atoms with Gasteiger partial charge in [-0.05, 0) is 37.5 Å². The highest BCUT2D eigenvalue weighted by molar-refractivity contribution is 6.30. The number of amides is 2. The molecule has 0 atom stereocenters. The average Bonchev–Trinajstić information content (AvgIpc) is 2.53. The summed E-state index contributed by atoms with van der Waals surface area (Å²) in [4.78, 5) is 25.9. The van der Waals surface area contributed by atoms with Gasteiger partial charge >= 0.3 is 0 Å². The number of hydrogen-bond acceptors (Lipinski definition) is 2. The van der Waals surface area contributed by atoms with Crippen LogP contribution in [0.1, 0.15) is 36.0 Å². The predicted octanol–water partition coefficient (Wildman–Crippen LogP) is 3.08. The number of nitrogens with zero attached hydrogens (tertiary/aromatic N) is 1. The molecule has 1 aliphatic heterocycles. The van der Waals surface area contributed by atoms with Crippen LogP contribution in [0, 0.1) is 0 Å². The Kier molecular flexibility index (Phi) is 6.52. The standard InChI is InChI=1S/C16H20Cl2N2O2/c17-8-2-5-15(21)20-9-6-14(7-10-20)19-16(22)12-3-1-4-13(18)11-12/h1,3-4,11,14H,2,5-10H2,(H,19,22). The van der Waals surface area contributed by atoms with E-state index < -0.39 is 0 Å². The van der Waals surface area contributed by atoms with E-state index >= 15 is 0 Å². The Morgan fingerprint density at radius 3 is 2.64 bits per heavy atom. The van der Waals surface area contributed by atoms with Crippen molar-refractivity contribution in [1.29, 1.82) is 0 Å². The molecule has 1 N–H and O–H groups in total. The van der Waals surface area contributed by atoms with Crippen LogP contribution in [-0.4, -0.2) is 41.7 Å². The van der Waals surface area contributed by atoms with Gasteiger partial charge in [0.05, 0.1) is 0 Å². The second-order valence-electron chi connectivity index (χ2n) is 5.43. The van der Waals surface area contributed by atoms with E-state index in [9.17, 15) is 9.59 Å². The van der Waals surface area contributed by atoms with Crippen molar-refractivity contribution >= 4 is 35.0 Å². The highest BCUT2D eigenvalue weighted by Crippen LogP contribution is 2.15. The number of nitrogens with one attached hydrogen (secondary N) is 1. The quantitative estimate of drug-likeness (QED) is 0.836. The minimum absolute atomic E-state index is 0.101. The molecule has 1 aromatic rings. The molecular formula is C16H20Cl2N2O2. The fourth-order valence-electron chi connectivity index (χ4n) is 2.55. The van der Waals surface area contributed by atoms with Crippen molar-refractivity contribution in [1.82, 2.24) is 10.2 Å². The molecule has 0 aliphatic carbocycles. The van der Waals surface area contributed by atoms with Gasteiger partial charge in [0.15, 0.2) is 0 Å². The van der Waals surface area contributed by atoms with Gasteiger partial charge in [-0.3, -0.25) is 9.59 Å². The molecule has 4 nitrogen and oxygen atoms in total. The predicted molar refractivity (Wildman–Crippen MR) is 88.5 cm³/mol. The van der Waals surface area contributed by atoms with Crippen LogP contribution in [0.2, 0.25) is 5.02 Å². The van der Waals surface area contributed by atoms with E-state index in [2.05, 4.69) is 5.32 Å². The minimum Gasteiger partial charge on any atom is -0.349 e. The highest BCUT2D eigenvalue weighted by Gasteiger charge is 2.23. The van der Waals surface area contributed by atoms with Crippen LogP contribution in [0.4, 0.5) is 0 Å². The number of benzene rings is 1. The van der Waals surface area contributed by atoms with Crippen LogP contribution in [0.15, 0.2) is 24.3 Å². The summed E-state index contributed by atoms with van der Waals surface area (Å²) >= 11 is 11.5. The molecule has 1 saturated heterocycles. The van der Waals surface area contributed by atoms with Gasteiger partial charge < -0.3 is 10.2 Å². The van der Waals surface area contributed by atoms with E-state index in [4.69, 9.17) is 23.2 Å². The molecule has 0 saturated carbocycles. The molecule has 0 spiro atoms. The number of carbonyl (C=O) groups excluding carboxylic acids is 2. The van der Waals surface area contributed by atoms with E-state index in [0.717, 1.165) is 12.8 Å². The SMILES string of the molecule is O=C(NC1CCN(C(=O)CCCCl)CC1)c1cccc(Cl)c1. The normalized spacial score (nSPS) is 15.6. The van der Waals surface area contributed by atoms with E-state index in [-0.39, 0.29) is 17.9 Å². The van der Waals surface area contributed by atoms with Crippen LogP contribution in [0.25, 0.3) is 0 Å². The van der Waals surface area contributed by atoms with E-state index in [1.807, 2.05) is 4.90 Å². The summed E-state index contributed by atoms with van der Waals surface area (Å²) in [6.45, 7) is 1.36. The van der Waals surface area contributed by atoms with Gasteiger partial charge in [0.1, 0.15) is 0 Å². The molecule has 1 aliphatic rings. The molecule has 1 aromatic carbocycles. The summed E-state index contributed by atoms with van der Waals surface area (Å²) in [5, 5.41) is 3.56. The van der Waals surface area contributed by atoms with Crippen molar-refractivity contribution in [2.45, 2.75) is 31.7 Å². The highest BCUT2D eigenvalue weighted by atomic mass is 35.5. The first-order valence-corrected chi connectivity index (χ1v) is 8.41. The summed E-state index contributed by atoms with van der Waals surface area (Å²) in [6.07, 6.45) is 2.77. The molecule has 120 valence electrons. The fraction of sp³-hybridized carbons (Fsp3) is 0.500. The fourth-order valence-corrected chi connectivity index (χ4v) is 2.87. The maximum absolute atomic E-state index is 12.2. The van der Waals surface area contributed by atoms with Crippen LogP contribution < -0.4 is 5.32 Å². The van der Waals surface area contributed by atoms with E-state index in [1.54, 1.807) is 24.3 Å². The third-order valence-corrected chi connectivity index (χ3v) is 4.30. The van der Waals surface area contributed by atoms with Crippen molar-refractivity contribution in [3.63, 3.8) is 0 Å². The van der Waals surface area contributed by atoms with Crippen molar-refractivity contribution in [3.8, 4) is 0 Å². The molecule has 0 radical (unpaired) electrons. The Morgan fingerprint density at radius 2 is 2.00 bits per heavy atom. The Balaban J connectivity index is 1.80. The largest absolute Gasteiger partial charge is 0.349 e. The first kappa shape index (κ1) is 17.1. The van der Waals surface area contributed by atoms with Gasteiger partial charge in [0, 0.05) is 42.0 Å². The van der Waals surface area contributed by atoms with Crippen molar-refractivity contribution in [2.75, 3.05) is 19.0 Å². The maximum atomic E-state index is 12.2. The maximum Gasteiger partial charge on any atom is 0.251 e. The lowest BCUT2D eigenvalue weighted by Crippen LogP contribution is -2.46. The first-order chi connectivity index (χ1) is 10.6. The van der Waals surface area contributed by atoms with Gasteiger partial charge in [0.25, 0.3) is 5.91 Å². The Hall–Kier alpha value is -1.26. The van der Waals surface area contributed by atoms with Gasteiger partial charge in [-0.25, -0.2) is 0 Å². The Morgan fingerprint density at radius 1 is 1.27 bits per heavy atom. The summed E-state index contributed by atoms with van der Waals surface area (Å²) in [6, 6.07) is 7.00. The smallest absolute Gasteiger partial charge is 0.251 e. The van der Waals surface area contributed by atoms with Crippen LogP contribution in [0.5, 0.6) is 0 Å². The molecule has 22 heavy (non-hydrogen) atoms. The molecular weight excluding hydrogens is 323 g/mol. The Bertz CT molecular complexity index is 529. The number of likely N-dealkylation sites (tertiary alicyclic amines) is 1. The van der Waals surface area contributed by atoms with Gasteiger partial charge in [-0.2, -0.15) is 0 Å². The molecule has 2 rings (SSSR count). The third-order valence-electron chi connectivity index (χ3n) is 3.79. The van der Waals surface area contributed by atoms with Crippen molar-refractivity contribution in [2.24, 2.45) is 0 Å². The van der Waals surface area contributed by atoms with Crippen LogP contribution in [0.3, 0.4) is 0 Å². The topological polar surface area (TPSA) is 49.4 Å². The number of piperidine rings is 1. The summed E-state index contributed by atoms with van der Waals surface area (Å²) in [5.74, 6) is 0.549. The lowest BCUT2D eigenvalue weighted by molar-refractivity contribution is -0.132. The molecule has 0 aromatic heterocycles. The van der Waals surface area contributed by atoms with Crippen molar-refractivity contribution < 1.29 is 9.59 Å². The number of alkyl halides is 1. The lowest BCUT2D eigenvalue weighted by Gasteiger charge is -2.32. The first-order valence-electron chi connectivity index (χ1n) is 7.50. The number of rotatable bonds is 5.